The van der Waals surface area contributed by atoms with E-state index >= 15 is 0 Å². The van der Waals surface area contributed by atoms with Gasteiger partial charge in [-0.3, -0.25) is 0 Å². The van der Waals surface area contributed by atoms with Crippen molar-refractivity contribution in [2.75, 3.05) is 19.8 Å². The first kappa shape index (κ1) is 24.2. The van der Waals surface area contributed by atoms with E-state index < -0.39 is 6.10 Å². The molecule has 0 spiro atoms. The van der Waals surface area contributed by atoms with Crippen molar-refractivity contribution in [3.63, 3.8) is 0 Å². The molecule has 4 rings (SSSR count). The van der Waals surface area contributed by atoms with Crippen molar-refractivity contribution in [2.45, 2.75) is 18.6 Å². The number of aliphatic hydroxyl groups is 2. The van der Waals surface area contributed by atoms with Crippen LogP contribution in [0, 0.1) is 0 Å². The molecule has 2 atom stereocenters. The smallest absolute Gasteiger partial charge is 0.227 e. The third-order valence-corrected chi connectivity index (χ3v) is 6.08. The van der Waals surface area contributed by atoms with Crippen LogP contribution >= 0.6 is 15.9 Å². The molecule has 0 bridgehead atoms. The first-order valence-electron chi connectivity index (χ1n) is 11.1. The number of aromatic nitrogens is 1. The van der Waals surface area contributed by atoms with Gasteiger partial charge in [0.2, 0.25) is 5.88 Å². The molecule has 6 nitrogen and oxygen atoms in total. The number of hydrogen-bond acceptors (Lipinski definition) is 6. The van der Waals surface area contributed by atoms with Gasteiger partial charge in [-0.25, -0.2) is 4.98 Å². The molecular weight excluding hydrogens is 496 g/mol. The number of ether oxygens (including phenoxy) is 2. The Morgan fingerprint density at radius 3 is 2.44 bits per heavy atom. The van der Waals surface area contributed by atoms with Crippen LogP contribution in [0.15, 0.2) is 89.5 Å². The summed E-state index contributed by atoms with van der Waals surface area (Å²) in [6.45, 7) is 0.459. The van der Waals surface area contributed by atoms with E-state index in [1.165, 1.54) is 0 Å². The lowest BCUT2D eigenvalue weighted by Gasteiger charge is -2.19. The zero-order valence-electron chi connectivity index (χ0n) is 18.6. The van der Waals surface area contributed by atoms with Crippen LogP contribution in [0.5, 0.6) is 17.4 Å². The Hall–Kier alpha value is -2.97. The minimum absolute atomic E-state index is 0.0423. The molecule has 34 heavy (non-hydrogen) atoms. The summed E-state index contributed by atoms with van der Waals surface area (Å²) in [5.41, 5.74) is 1.04. The molecule has 0 amide bonds. The number of fused-ring (bicyclic) bond motifs is 1. The molecule has 0 aliphatic rings. The number of rotatable bonds is 11. The van der Waals surface area contributed by atoms with Crippen molar-refractivity contribution in [2.24, 2.45) is 0 Å². The molecule has 7 heteroatoms. The van der Waals surface area contributed by atoms with Gasteiger partial charge in [-0.2, -0.15) is 0 Å². The normalized spacial score (nSPS) is 12.9. The Labute approximate surface area is 207 Å². The first-order valence-corrected chi connectivity index (χ1v) is 11.9. The van der Waals surface area contributed by atoms with Gasteiger partial charge in [0, 0.05) is 34.0 Å². The summed E-state index contributed by atoms with van der Waals surface area (Å²) in [5, 5.41) is 25.1. The van der Waals surface area contributed by atoms with Gasteiger partial charge in [0.15, 0.2) is 0 Å². The first-order chi connectivity index (χ1) is 16.6. The second-order valence-electron chi connectivity index (χ2n) is 7.97. The molecule has 3 aromatic carbocycles. The van der Waals surface area contributed by atoms with Crippen LogP contribution in [0.25, 0.3) is 10.8 Å². The van der Waals surface area contributed by atoms with Crippen LogP contribution in [0.1, 0.15) is 5.56 Å². The highest BCUT2D eigenvalue weighted by Crippen LogP contribution is 2.31. The van der Waals surface area contributed by atoms with Crippen LogP contribution in [0.2, 0.25) is 0 Å². The van der Waals surface area contributed by atoms with Gasteiger partial charge >= 0.3 is 0 Å². The van der Waals surface area contributed by atoms with Crippen LogP contribution in [0.3, 0.4) is 0 Å². The molecule has 0 saturated carbocycles. The standard InChI is InChI=1S/C27H27BrN2O4/c28-26-8-4-7-25-24(26)13-14-29-27(25)34-23-11-9-19(10-12-23)15-20(17-31)30-16-21(32)18-33-22-5-2-1-3-6-22/h1-14,20-21,30-32H,15-18H2/t20-,21-/m0/s1. The summed E-state index contributed by atoms with van der Waals surface area (Å²) in [4.78, 5) is 4.38. The van der Waals surface area contributed by atoms with Crippen LogP contribution in [0.4, 0.5) is 0 Å². The van der Waals surface area contributed by atoms with E-state index in [4.69, 9.17) is 9.47 Å². The largest absolute Gasteiger partial charge is 0.491 e. The number of aliphatic hydroxyl groups excluding tert-OH is 2. The third kappa shape index (κ3) is 6.55. The molecule has 0 aliphatic heterocycles. The summed E-state index contributed by atoms with van der Waals surface area (Å²) in [6.07, 6.45) is 1.66. The van der Waals surface area contributed by atoms with Gasteiger partial charge in [0.1, 0.15) is 24.2 Å². The van der Waals surface area contributed by atoms with Gasteiger partial charge in [0.05, 0.1) is 6.61 Å². The molecule has 1 aromatic heterocycles. The van der Waals surface area contributed by atoms with E-state index in [1.54, 1.807) is 6.20 Å². The van der Waals surface area contributed by atoms with Crippen LogP contribution in [-0.2, 0) is 6.42 Å². The number of halogens is 1. The van der Waals surface area contributed by atoms with Crippen LogP contribution < -0.4 is 14.8 Å². The Kier molecular flexibility index (Phi) is 8.49. The highest BCUT2D eigenvalue weighted by Gasteiger charge is 2.13. The molecule has 4 aromatic rings. The Balaban J connectivity index is 1.29. The molecule has 1 heterocycles. The third-order valence-electron chi connectivity index (χ3n) is 5.38. The maximum Gasteiger partial charge on any atom is 0.227 e. The van der Waals surface area contributed by atoms with Crippen molar-refractivity contribution in [1.82, 2.24) is 10.3 Å². The van der Waals surface area contributed by atoms with Gasteiger partial charge < -0.3 is 25.0 Å². The predicted molar refractivity (Wildman–Crippen MR) is 136 cm³/mol. The summed E-state index contributed by atoms with van der Waals surface area (Å²) in [6, 6.07) is 24.8. The van der Waals surface area contributed by atoms with E-state index in [0.29, 0.717) is 30.3 Å². The maximum absolute atomic E-state index is 10.2. The number of nitrogens with one attached hydrogen (secondary N) is 1. The maximum atomic E-state index is 10.2. The van der Waals surface area contributed by atoms with E-state index in [1.807, 2.05) is 78.9 Å². The number of benzene rings is 3. The van der Waals surface area contributed by atoms with Gasteiger partial charge in [-0.05, 0) is 54.4 Å². The lowest BCUT2D eigenvalue weighted by molar-refractivity contribution is 0.0997. The second-order valence-corrected chi connectivity index (χ2v) is 8.82. The van der Waals surface area contributed by atoms with Gasteiger partial charge in [-0.1, -0.05) is 52.3 Å². The average molecular weight is 523 g/mol. The van der Waals surface area contributed by atoms with Crippen molar-refractivity contribution in [3.8, 4) is 17.4 Å². The fourth-order valence-electron chi connectivity index (χ4n) is 3.59. The average Bonchev–Trinajstić information content (AvgIpc) is 2.87. The van der Waals surface area contributed by atoms with Crippen molar-refractivity contribution in [3.05, 3.63) is 95.1 Å². The summed E-state index contributed by atoms with van der Waals surface area (Å²) in [5.74, 6) is 1.95. The molecule has 176 valence electrons. The summed E-state index contributed by atoms with van der Waals surface area (Å²) in [7, 11) is 0. The van der Waals surface area contributed by atoms with E-state index in [9.17, 15) is 10.2 Å². The zero-order valence-corrected chi connectivity index (χ0v) is 20.2. The monoisotopic (exact) mass is 522 g/mol. The number of para-hydroxylation sites is 1. The van der Waals surface area contributed by atoms with E-state index in [0.717, 1.165) is 20.8 Å². The van der Waals surface area contributed by atoms with Crippen molar-refractivity contribution >= 4 is 26.7 Å². The minimum Gasteiger partial charge on any atom is -0.491 e. The van der Waals surface area contributed by atoms with Gasteiger partial charge in [-0.15, -0.1) is 0 Å². The molecule has 3 N–H and O–H groups in total. The Morgan fingerprint density at radius 1 is 0.882 bits per heavy atom. The summed E-state index contributed by atoms with van der Waals surface area (Å²) < 4.78 is 12.6. The molecule has 0 aliphatic carbocycles. The molecule has 0 radical (unpaired) electrons. The van der Waals surface area contributed by atoms with E-state index in [2.05, 4.69) is 26.2 Å². The number of nitrogens with zero attached hydrogens (tertiary/aromatic N) is 1. The highest BCUT2D eigenvalue weighted by molar-refractivity contribution is 9.10. The fourth-order valence-corrected chi connectivity index (χ4v) is 4.08. The lowest BCUT2D eigenvalue weighted by Crippen LogP contribution is -2.41. The minimum atomic E-state index is -0.682. The van der Waals surface area contributed by atoms with E-state index in [-0.39, 0.29) is 19.3 Å². The lowest BCUT2D eigenvalue weighted by atomic mass is 10.1. The highest BCUT2D eigenvalue weighted by atomic mass is 79.9. The second kappa shape index (κ2) is 11.9. The molecular formula is C27H27BrN2O4. The quantitative estimate of drug-likeness (QED) is 0.264. The van der Waals surface area contributed by atoms with Crippen molar-refractivity contribution in [1.29, 1.82) is 0 Å². The SMILES string of the molecule is OC[C@H](Cc1ccc(Oc2nccc3c(Br)cccc23)cc1)NC[C@H](O)COc1ccccc1. The zero-order chi connectivity index (χ0) is 23.8. The van der Waals surface area contributed by atoms with Crippen LogP contribution in [-0.4, -0.2) is 47.1 Å². The predicted octanol–water partition coefficient (Wildman–Crippen LogP) is 4.72. The van der Waals surface area contributed by atoms with Crippen molar-refractivity contribution < 1.29 is 19.7 Å². The molecule has 0 unspecified atom stereocenters. The topological polar surface area (TPSA) is 83.8 Å². The number of pyridine rings is 1. The van der Waals surface area contributed by atoms with Gasteiger partial charge in [0.25, 0.3) is 0 Å². The number of hydrogen-bond donors (Lipinski definition) is 3. The Morgan fingerprint density at radius 2 is 1.68 bits per heavy atom. The summed E-state index contributed by atoms with van der Waals surface area (Å²) >= 11 is 3.56. The molecule has 0 fully saturated rings. The fraction of sp³-hybridized carbons (Fsp3) is 0.222. The molecule has 0 saturated heterocycles. The Bertz CT molecular complexity index is 1190.